The molecule has 300 valence electrons. The van der Waals surface area contributed by atoms with Gasteiger partial charge in [0.15, 0.2) is 0 Å². The Morgan fingerprint density at radius 2 is 0.900 bits per heavy atom. The molecule has 0 radical (unpaired) electrons. The van der Waals surface area contributed by atoms with E-state index in [1.165, 1.54) is 18.2 Å². The molecule has 1 aliphatic carbocycles. The van der Waals surface area contributed by atoms with Crippen LogP contribution in [0, 0.1) is 0 Å². The minimum Gasteiger partial charge on any atom is -0.326 e. The van der Waals surface area contributed by atoms with Crippen molar-refractivity contribution < 1.29 is 28.8 Å². The van der Waals surface area contributed by atoms with Crippen LogP contribution in [0.15, 0.2) is 175 Å². The molecule has 0 saturated heterocycles. The van der Waals surface area contributed by atoms with Gasteiger partial charge in [-0.2, -0.15) is 0 Å². The van der Waals surface area contributed by atoms with Crippen LogP contribution < -0.4 is 31.9 Å². The summed E-state index contributed by atoms with van der Waals surface area (Å²) in [5.41, 5.74) is 3.85. The van der Waals surface area contributed by atoms with Crippen molar-refractivity contribution in [2.45, 2.75) is 26.7 Å². The first-order valence-corrected chi connectivity index (χ1v) is 19.1. The van der Waals surface area contributed by atoms with Gasteiger partial charge in [-0.1, -0.05) is 72.8 Å². The molecule has 1 aliphatic rings. The number of rotatable bonds is 13. The zero-order valence-corrected chi connectivity index (χ0v) is 32.9. The lowest BCUT2D eigenvalue weighted by Gasteiger charge is -2.13. The van der Waals surface area contributed by atoms with E-state index >= 15 is 0 Å². The van der Waals surface area contributed by atoms with E-state index in [9.17, 15) is 28.8 Å². The first-order chi connectivity index (χ1) is 29.0. The molecule has 6 amide bonds. The van der Waals surface area contributed by atoms with Gasteiger partial charge in [0.2, 0.25) is 0 Å². The zero-order chi connectivity index (χ0) is 42.4. The van der Waals surface area contributed by atoms with Gasteiger partial charge in [0, 0.05) is 67.5 Å². The number of carbonyl (C=O) groups excluding carboxylic acids is 6. The maximum absolute atomic E-state index is 13.8. The monoisotopic (exact) mass is 798 g/mol. The molecule has 6 rings (SSSR count). The van der Waals surface area contributed by atoms with Gasteiger partial charge in [-0.25, -0.2) is 0 Å². The lowest BCUT2D eigenvalue weighted by molar-refractivity contribution is -0.116. The molecule has 6 N–H and O–H groups in total. The Bertz CT molecular complexity index is 2450. The molecule has 0 aromatic heterocycles. The molecule has 5 aromatic rings. The van der Waals surface area contributed by atoms with Gasteiger partial charge in [0.05, 0.1) is 0 Å². The van der Waals surface area contributed by atoms with Crippen LogP contribution in [-0.4, -0.2) is 35.4 Å². The smallest absolute Gasteiger partial charge is 0.255 e. The summed E-state index contributed by atoms with van der Waals surface area (Å²) in [4.78, 5) is 79.7. The Kier molecular flexibility index (Phi) is 13.7. The van der Waals surface area contributed by atoms with E-state index in [1.54, 1.807) is 141 Å². The van der Waals surface area contributed by atoms with Gasteiger partial charge in [-0.3, -0.25) is 28.8 Å². The molecular formula is C48H42N6O6. The summed E-state index contributed by atoms with van der Waals surface area (Å²) < 4.78 is 0. The average molecular weight is 799 g/mol. The molecule has 0 bridgehead atoms. The lowest BCUT2D eigenvalue weighted by atomic mass is 10.0. The lowest BCUT2D eigenvalue weighted by Crippen LogP contribution is -2.26. The molecule has 0 unspecified atom stereocenters. The van der Waals surface area contributed by atoms with Gasteiger partial charge < -0.3 is 31.9 Å². The van der Waals surface area contributed by atoms with Crippen LogP contribution in [0.2, 0.25) is 0 Å². The topological polar surface area (TPSA) is 175 Å². The van der Waals surface area contributed by atoms with Crippen LogP contribution >= 0.6 is 0 Å². The number of hydrogen-bond donors (Lipinski definition) is 6. The fourth-order valence-electron chi connectivity index (χ4n) is 6.06. The predicted octanol–water partition coefficient (Wildman–Crippen LogP) is 8.63. The number of anilines is 4. The predicted molar refractivity (Wildman–Crippen MR) is 234 cm³/mol. The normalized spacial score (nSPS) is 12.3. The van der Waals surface area contributed by atoms with Crippen molar-refractivity contribution >= 4 is 58.2 Å². The summed E-state index contributed by atoms with van der Waals surface area (Å²) in [5.74, 6) is -2.82. The Morgan fingerprint density at radius 1 is 0.467 bits per heavy atom. The zero-order valence-electron chi connectivity index (χ0n) is 32.9. The highest BCUT2D eigenvalue weighted by Gasteiger charge is 2.19. The maximum Gasteiger partial charge on any atom is 0.255 e. The number of benzene rings is 5. The van der Waals surface area contributed by atoms with Crippen LogP contribution in [-0.2, 0) is 4.79 Å². The molecule has 0 spiro atoms. The first kappa shape index (κ1) is 41.5. The second kappa shape index (κ2) is 19.8. The van der Waals surface area contributed by atoms with Crippen molar-refractivity contribution in [2.24, 2.45) is 0 Å². The summed E-state index contributed by atoms with van der Waals surface area (Å²) >= 11 is 0. The van der Waals surface area contributed by atoms with Crippen molar-refractivity contribution in [3.63, 3.8) is 0 Å². The molecule has 0 saturated carbocycles. The molecule has 0 atom stereocenters. The number of carbonyl (C=O) groups is 6. The van der Waals surface area contributed by atoms with Crippen molar-refractivity contribution in [1.82, 2.24) is 10.6 Å². The van der Waals surface area contributed by atoms with E-state index in [0.29, 0.717) is 50.8 Å². The van der Waals surface area contributed by atoms with Crippen molar-refractivity contribution in [1.29, 1.82) is 0 Å². The molecule has 5 aromatic carbocycles. The minimum atomic E-state index is -0.631. The van der Waals surface area contributed by atoms with Crippen LogP contribution in [0.25, 0.3) is 0 Å². The van der Waals surface area contributed by atoms with Gasteiger partial charge in [-0.15, -0.1) is 0 Å². The first-order valence-electron chi connectivity index (χ1n) is 19.1. The molecule has 0 aliphatic heterocycles. The third-order valence-corrected chi connectivity index (χ3v) is 9.06. The van der Waals surface area contributed by atoms with E-state index < -0.39 is 17.7 Å². The van der Waals surface area contributed by atoms with Crippen molar-refractivity contribution in [3.05, 3.63) is 203 Å². The van der Waals surface area contributed by atoms with E-state index in [1.807, 2.05) is 12.2 Å². The van der Waals surface area contributed by atoms with E-state index in [2.05, 4.69) is 31.9 Å². The third kappa shape index (κ3) is 11.5. The highest BCUT2D eigenvalue weighted by atomic mass is 16.2. The quantitative estimate of drug-likeness (QED) is 0.0651. The maximum atomic E-state index is 13.8. The van der Waals surface area contributed by atoms with Gasteiger partial charge in [-0.05, 0) is 112 Å². The number of nitrogens with one attached hydrogen (secondary N) is 6. The van der Waals surface area contributed by atoms with Crippen molar-refractivity contribution in [2.75, 3.05) is 21.3 Å². The molecule has 0 fully saturated rings. The molecular weight excluding hydrogens is 757 g/mol. The number of hydrogen-bond acceptors (Lipinski definition) is 6. The van der Waals surface area contributed by atoms with Crippen molar-refractivity contribution in [3.8, 4) is 0 Å². The van der Waals surface area contributed by atoms with E-state index in [4.69, 9.17) is 0 Å². The third-order valence-electron chi connectivity index (χ3n) is 9.06. The number of amides is 6. The average Bonchev–Trinajstić information content (AvgIpc) is 3.27. The second-order valence-electron chi connectivity index (χ2n) is 13.6. The second-order valence-corrected chi connectivity index (χ2v) is 13.6. The molecule has 0 heterocycles. The Labute approximate surface area is 347 Å². The highest BCUT2D eigenvalue weighted by Crippen LogP contribution is 2.21. The van der Waals surface area contributed by atoms with Crippen LogP contribution in [0.4, 0.5) is 22.7 Å². The van der Waals surface area contributed by atoms with Gasteiger partial charge in [0.25, 0.3) is 35.4 Å². The SMILES string of the molecule is C/C=C(\C=C(/C)NC(=O)c1cc(C(=O)Nc2cccc(NC(=O)c3ccccc3)c2)cc(C(=O)Nc2cccc(NC(=O)c3ccccc3)c2)c1)NC(=O)C1=CCCC=C1. The fraction of sp³-hybridized carbons (Fsp3) is 0.0833. The van der Waals surface area contributed by atoms with Crippen LogP contribution in [0.3, 0.4) is 0 Å². The van der Waals surface area contributed by atoms with Gasteiger partial charge >= 0.3 is 0 Å². The van der Waals surface area contributed by atoms with E-state index in [0.717, 1.165) is 12.8 Å². The van der Waals surface area contributed by atoms with E-state index in [-0.39, 0.29) is 34.4 Å². The largest absolute Gasteiger partial charge is 0.326 e. The Balaban J connectivity index is 1.23. The Morgan fingerprint density at radius 3 is 1.32 bits per heavy atom. The molecule has 12 heteroatoms. The molecule has 12 nitrogen and oxygen atoms in total. The summed E-state index contributed by atoms with van der Waals surface area (Å²) in [6, 6.07) is 34.5. The summed E-state index contributed by atoms with van der Waals surface area (Å²) in [5, 5.41) is 16.8. The fourth-order valence-corrected chi connectivity index (χ4v) is 6.06. The summed E-state index contributed by atoms with van der Waals surface area (Å²) in [6.45, 7) is 3.39. The van der Waals surface area contributed by atoms with Crippen LogP contribution in [0.5, 0.6) is 0 Å². The summed E-state index contributed by atoms with van der Waals surface area (Å²) in [6.07, 6.45) is 10.5. The van der Waals surface area contributed by atoms with Gasteiger partial charge in [0.1, 0.15) is 0 Å². The molecule has 60 heavy (non-hydrogen) atoms. The minimum absolute atomic E-state index is 0.00291. The Hall–Kier alpha value is -8.12. The van der Waals surface area contributed by atoms with Crippen LogP contribution in [0.1, 0.15) is 78.5 Å². The standard InChI is InChI=1S/C48H42N6O6/c1-3-38(50-43(55)32-15-7-4-8-16-32)25-31(2)49-46(58)35-26-36(47(59)53-41-23-13-21-39(29-41)51-44(56)33-17-9-5-10-18-33)28-37(27-35)48(60)54-42-24-14-22-40(30-42)52-45(57)34-19-11-6-12-20-34/h3,5-7,9-30H,4,8H2,1-2H3,(H,49,58)(H,50,55)(H,51,56)(H,52,57)(H,53,59)(H,54,60)/b31-25+,38-3+. The number of allylic oxidation sites excluding steroid dienone is 5. The summed E-state index contributed by atoms with van der Waals surface area (Å²) in [7, 11) is 0. The highest BCUT2D eigenvalue weighted by molar-refractivity contribution is 6.12.